The van der Waals surface area contributed by atoms with Crippen molar-refractivity contribution in [3.05, 3.63) is 18.9 Å². The van der Waals surface area contributed by atoms with Crippen LogP contribution in [0.5, 0.6) is 0 Å². The van der Waals surface area contributed by atoms with Crippen LogP contribution >= 0.6 is 23.5 Å². The van der Waals surface area contributed by atoms with Crippen molar-refractivity contribution in [1.82, 2.24) is 19.7 Å². The highest BCUT2D eigenvalue weighted by atomic mass is 31.3. The lowest BCUT2D eigenvalue weighted by molar-refractivity contribution is 0.163. The van der Waals surface area contributed by atoms with Crippen molar-refractivity contribution in [3.8, 4) is 0 Å². The van der Waals surface area contributed by atoms with Crippen molar-refractivity contribution in [2.75, 3.05) is 0 Å². The standard InChI is InChI=1S/C5H7N4O10P3/c10-20(11,12)18-22(15,16)19-21(13,14)17-9-3-8-4-1-6-2-7-5(4)9/h1-3H,(H,13,14)(H,15,16)(H2,10,11,12). The quantitative estimate of drug-likeness (QED) is 0.474. The van der Waals surface area contributed by atoms with E-state index in [2.05, 4.69) is 28.2 Å². The molecule has 22 heavy (non-hydrogen) atoms. The smallest absolute Gasteiger partial charge is 0.308 e. The van der Waals surface area contributed by atoms with E-state index in [4.69, 9.17) is 14.7 Å². The summed E-state index contributed by atoms with van der Waals surface area (Å²) in [4.78, 5) is 46.1. The molecule has 0 saturated carbocycles. The molecule has 2 atom stereocenters. The Kier molecular flexibility index (Phi) is 4.51. The largest absolute Gasteiger partial charge is 0.555 e. The second-order valence-corrected chi connectivity index (χ2v) is 7.80. The summed E-state index contributed by atoms with van der Waals surface area (Å²) < 4.78 is 45.2. The maximum absolute atomic E-state index is 11.6. The van der Waals surface area contributed by atoms with Gasteiger partial charge in [-0.3, -0.25) is 4.89 Å². The molecule has 2 rings (SSSR count). The van der Waals surface area contributed by atoms with Gasteiger partial charge in [-0.15, -0.1) is 4.73 Å². The van der Waals surface area contributed by atoms with Crippen LogP contribution in [0, 0.1) is 0 Å². The first kappa shape index (κ1) is 17.2. The molecule has 2 heterocycles. The van der Waals surface area contributed by atoms with Gasteiger partial charge in [0.25, 0.3) is 0 Å². The minimum atomic E-state index is -5.58. The van der Waals surface area contributed by atoms with E-state index >= 15 is 0 Å². The average Bonchev–Trinajstić information content (AvgIpc) is 2.67. The summed E-state index contributed by atoms with van der Waals surface area (Å²) in [5.41, 5.74) is 0.0951. The zero-order chi connectivity index (χ0) is 16.6. The number of phosphoric acid groups is 3. The van der Waals surface area contributed by atoms with E-state index in [1.165, 1.54) is 6.20 Å². The SMILES string of the molecule is O=P(O)(O)OP(=O)(O)OP(=O)(O)On1cnc2cncnc21. The molecule has 2 unspecified atom stereocenters. The summed E-state index contributed by atoms with van der Waals surface area (Å²) >= 11 is 0. The van der Waals surface area contributed by atoms with Crippen molar-refractivity contribution in [3.63, 3.8) is 0 Å². The van der Waals surface area contributed by atoms with Crippen LogP contribution in [-0.2, 0) is 22.3 Å². The summed E-state index contributed by atoms with van der Waals surface area (Å²) in [5, 5.41) is 0. The van der Waals surface area contributed by atoms with Gasteiger partial charge in [-0.2, -0.15) is 8.62 Å². The van der Waals surface area contributed by atoms with Gasteiger partial charge in [0.15, 0.2) is 5.65 Å². The number of aromatic nitrogens is 4. The van der Waals surface area contributed by atoms with Crippen molar-refractivity contribution in [2.24, 2.45) is 0 Å². The van der Waals surface area contributed by atoms with E-state index in [0.29, 0.717) is 4.73 Å². The zero-order valence-corrected chi connectivity index (χ0v) is 12.8. The first-order valence-electron chi connectivity index (χ1n) is 4.94. The van der Waals surface area contributed by atoms with E-state index in [0.717, 1.165) is 12.7 Å². The van der Waals surface area contributed by atoms with Gasteiger partial charge in [0.2, 0.25) is 0 Å². The first-order chi connectivity index (χ1) is 9.98. The number of fused-ring (bicyclic) bond motifs is 1. The van der Waals surface area contributed by atoms with Gasteiger partial charge in [0.05, 0.1) is 6.20 Å². The molecule has 0 saturated heterocycles. The zero-order valence-electron chi connectivity index (χ0n) is 10.1. The number of hydrogen-bond donors (Lipinski definition) is 4. The summed E-state index contributed by atoms with van der Waals surface area (Å²) in [6, 6.07) is 0. The van der Waals surface area contributed by atoms with E-state index in [1.54, 1.807) is 0 Å². The van der Waals surface area contributed by atoms with E-state index in [9.17, 15) is 18.6 Å². The van der Waals surface area contributed by atoms with Crippen LogP contribution in [0.25, 0.3) is 11.2 Å². The minimum absolute atomic E-state index is 0.0726. The average molecular weight is 376 g/mol. The number of nitrogens with zero attached hydrogens (tertiary/aromatic N) is 4. The second-order valence-electron chi connectivity index (χ2n) is 3.47. The highest BCUT2D eigenvalue weighted by Crippen LogP contribution is 2.65. The Morgan fingerprint density at radius 2 is 1.68 bits per heavy atom. The van der Waals surface area contributed by atoms with Gasteiger partial charge >= 0.3 is 23.5 Å². The Balaban J connectivity index is 2.19. The fourth-order valence-electron chi connectivity index (χ4n) is 1.21. The van der Waals surface area contributed by atoms with E-state index < -0.39 is 23.5 Å². The number of imidazole rings is 1. The Morgan fingerprint density at radius 3 is 2.32 bits per heavy atom. The normalized spacial score (nSPS) is 17.8. The molecular formula is C5H7N4O10P3. The lowest BCUT2D eigenvalue weighted by Gasteiger charge is -2.16. The van der Waals surface area contributed by atoms with Crippen LogP contribution in [0.3, 0.4) is 0 Å². The third kappa shape index (κ3) is 4.65. The van der Waals surface area contributed by atoms with Crippen molar-refractivity contribution >= 4 is 34.6 Å². The van der Waals surface area contributed by atoms with Crippen LogP contribution in [-0.4, -0.2) is 39.3 Å². The Hall–Kier alpha value is -1.20. The van der Waals surface area contributed by atoms with Crippen molar-refractivity contribution in [2.45, 2.75) is 0 Å². The molecule has 0 aliphatic rings. The molecule has 0 aliphatic carbocycles. The third-order valence-electron chi connectivity index (χ3n) is 1.79. The molecule has 0 aliphatic heterocycles. The Labute approximate surface area is 120 Å². The molecule has 4 N–H and O–H groups in total. The fraction of sp³-hybridized carbons (Fsp3) is 0. The van der Waals surface area contributed by atoms with Gasteiger partial charge in [-0.05, 0) is 0 Å². The third-order valence-corrected chi connectivity index (χ3v) is 5.50. The lowest BCUT2D eigenvalue weighted by atomic mass is 10.6. The highest BCUT2D eigenvalue weighted by Gasteiger charge is 2.42. The molecule has 0 aromatic carbocycles. The second kappa shape index (κ2) is 5.78. The number of hydrogen-bond acceptors (Lipinski definition) is 9. The molecule has 0 spiro atoms. The Bertz CT molecular complexity index is 829. The predicted octanol–water partition coefficient (Wildman–Crippen LogP) is -0.418. The predicted molar refractivity (Wildman–Crippen MR) is 65.8 cm³/mol. The van der Waals surface area contributed by atoms with Gasteiger partial charge in [-0.1, -0.05) is 0 Å². The molecule has 0 fully saturated rings. The van der Waals surface area contributed by atoms with Crippen LogP contribution < -0.4 is 4.62 Å². The van der Waals surface area contributed by atoms with Crippen LogP contribution in [0.2, 0.25) is 0 Å². The monoisotopic (exact) mass is 376 g/mol. The molecule has 17 heteroatoms. The molecule has 0 radical (unpaired) electrons. The van der Waals surface area contributed by atoms with Crippen LogP contribution in [0.4, 0.5) is 0 Å². The van der Waals surface area contributed by atoms with E-state index in [-0.39, 0.29) is 11.2 Å². The van der Waals surface area contributed by atoms with Gasteiger partial charge < -0.3 is 19.3 Å². The van der Waals surface area contributed by atoms with Crippen molar-refractivity contribution in [1.29, 1.82) is 0 Å². The summed E-state index contributed by atoms with van der Waals surface area (Å²) in [5.74, 6) is 0. The Morgan fingerprint density at radius 1 is 1.00 bits per heavy atom. The van der Waals surface area contributed by atoms with Gasteiger partial charge in [0.1, 0.15) is 18.2 Å². The van der Waals surface area contributed by atoms with Crippen LogP contribution in [0.1, 0.15) is 0 Å². The maximum atomic E-state index is 11.6. The van der Waals surface area contributed by atoms with Crippen molar-refractivity contribution < 1.29 is 46.5 Å². The summed E-state index contributed by atoms with van der Waals surface area (Å²) in [6.07, 6.45) is 3.21. The minimum Gasteiger partial charge on any atom is -0.308 e. The van der Waals surface area contributed by atoms with Gasteiger partial charge in [0, 0.05) is 0 Å². The molecular weight excluding hydrogens is 369 g/mol. The summed E-state index contributed by atoms with van der Waals surface area (Å²) in [7, 11) is -16.3. The molecule has 14 nitrogen and oxygen atoms in total. The first-order valence-corrected chi connectivity index (χ1v) is 9.46. The molecule has 2 aromatic rings. The summed E-state index contributed by atoms with van der Waals surface area (Å²) in [6.45, 7) is 0. The number of rotatable bonds is 6. The topological polar surface area (TPSA) is 203 Å². The fourth-order valence-corrected chi connectivity index (χ4v) is 4.18. The van der Waals surface area contributed by atoms with Crippen LogP contribution in [0.15, 0.2) is 18.9 Å². The molecule has 0 amide bonds. The lowest BCUT2D eigenvalue weighted by Crippen LogP contribution is -2.10. The highest BCUT2D eigenvalue weighted by molar-refractivity contribution is 7.66. The maximum Gasteiger partial charge on any atom is 0.555 e. The molecule has 2 aromatic heterocycles. The van der Waals surface area contributed by atoms with Gasteiger partial charge in [-0.25, -0.2) is 28.6 Å². The molecule has 122 valence electrons. The molecule has 0 bridgehead atoms. The van der Waals surface area contributed by atoms with E-state index in [1.807, 2.05) is 0 Å².